The van der Waals surface area contributed by atoms with Crippen molar-refractivity contribution in [2.75, 3.05) is 6.54 Å². The first-order valence-corrected chi connectivity index (χ1v) is 7.48. The molecule has 0 bridgehead atoms. The molecule has 0 fully saturated rings. The predicted molar refractivity (Wildman–Crippen MR) is 80.9 cm³/mol. The summed E-state index contributed by atoms with van der Waals surface area (Å²) in [5.74, 6) is 0. The molecule has 102 valence electrons. The molecule has 3 nitrogen and oxygen atoms in total. The molecule has 19 heavy (non-hydrogen) atoms. The van der Waals surface area contributed by atoms with Gasteiger partial charge in [0.25, 0.3) is 0 Å². The largest absolute Gasteiger partial charge is 0.313 e. The Bertz CT molecular complexity index is 566. The lowest BCUT2D eigenvalue weighted by atomic mass is 10.2. The van der Waals surface area contributed by atoms with Gasteiger partial charge in [-0.3, -0.25) is 4.68 Å². The van der Waals surface area contributed by atoms with E-state index in [1.165, 1.54) is 4.90 Å². The fraction of sp³-hybridized carbons (Fsp3) is 0.357. The molecule has 2 rings (SSSR count). The molecule has 0 saturated carbocycles. The van der Waals surface area contributed by atoms with Crippen LogP contribution in [0.5, 0.6) is 0 Å². The van der Waals surface area contributed by atoms with E-state index in [4.69, 9.17) is 11.6 Å². The number of benzene rings is 1. The highest BCUT2D eigenvalue weighted by Crippen LogP contribution is 2.33. The summed E-state index contributed by atoms with van der Waals surface area (Å²) >= 11 is 8.00. The third kappa shape index (κ3) is 3.53. The van der Waals surface area contributed by atoms with Crippen molar-refractivity contribution in [3.63, 3.8) is 0 Å². The van der Waals surface area contributed by atoms with Crippen molar-refractivity contribution >= 4 is 23.4 Å². The average Bonchev–Trinajstić information content (AvgIpc) is 2.67. The van der Waals surface area contributed by atoms with E-state index in [0.717, 1.165) is 34.4 Å². The normalized spacial score (nSPS) is 10.9. The Hall–Kier alpha value is -0.970. The zero-order valence-corrected chi connectivity index (χ0v) is 13.0. The molecule has 1 aromatic heterocycles. The maximum Gasteiger partial charge on any atom is 0.0987 e. The van der Waals surface area contributed by atoms with Crippen LogP contribution in [0.25, 0.3) is 0 Å². The van der Waals surface area contributed by atoms with Crippen molar-refractivity contribution in [1.82, 2.24) is 15.1 Å². The number of hydrogen-bond donors (Lipinski definition) is 1. The highest BCUT2D eigenvalue weighted by Gasteiger charge is 2.10. The molecule has 1 aromatic carbocycles. The summed E-state index contributed by atoms with van der Waals surface area (Å²) in [5.41, 5.74) is 2.18. The lowest BCUT2D eigenvalue weighted by Crippen LogP contribution is -2.12. The lowest BCUT2D eigenvalue weighted by Gasteiger charge is -2.11. The highest BCUT2D eigenvalue weighted by atomic mass is 35.5. The molecule has 0 aliphatic heterocycles. The summed E-state index contributed by atoms with van der Waals surface area (Å²) < 4.78 is 1.90. The molecule has 1 heterocycles. The zero-order valence-electron chi connectivity index (χ0n) is 11.4. The Morgan fingerprint density at radius 1 is 1.42 bits per heavy atom. The van der Waals surface area contributed by atoms with Crippen LogP contribution >= 0.6 is 23.4 Å². The molecule has 0 saturated heterocycles. The van der Waals surface area contributed by atoms with Gasteiger partial charge in [0, 0.05) is 23.5 Å². The highest BCUT2D eigenvalue weighted by molar-refractivity contribution is 7.99. The SMILES string of the molecule is CCNCc1c(Cl)cccc1Sc1cc(C)nn1C. The van der Waals surface area contributed by atoms with Gasteiger partial charge in [-0.25, -0.2) is 0 Å². The molecule has 0 aliphatic carbocycles. The molecule has 0 radical (unpaired) electrons. The summed E-state index contributed by atoms with van der Waals surface area (Å²) in [6, 6.07) is 8.12. The van der Waals surface area contributed by atoms with Crippen LogP contribution in [0.15, 0.2) is 34.2 Å². The molecule has 2 aromatic rings. The Balaban J connectivity index is 2.29. The summed E-state index contributed by atoms with van der Waals surface area (Å²) in [6.07, 6.45) is 0. The van der Waals surface area contributed by atoms with Gasteiger partial charge in [0.1, 0.15) is 0 Å². The minimum Gasteiger partial charge on any atom is -0.313 e. The van der Waals surface area contributed by atoms with Gasteiger partial charge in [-0.05, 0) is 37.2 Å². The van der Waals surface area contributed by atoms with E-state index in [1.807, 2.05) is 30.8 Å². The maximum atomic E-state index is 6.30. The number of nitrogens with zero attached hydrogens (tertiary/aromatic N) is 2. The quantitative estimate of drug-likeness (QED) is 0.913. The van der Waals surface area contributed by atoms with Crippen molar-refractivity contribution in [2.24, 2.45) is 7.05 Å². The maximum absolute atomic E-state index is 6.30. The summed E-state index contributed by atoms with van der Waals surface area (Å²) in [6.45, 7) is 5.81. The fourth-order valence-corrected chi connectivity index (χ4v) is 3.23. The van der Waals surface area contributed by atoms with Gasteiger partial charge in [0.05, 0.1) is 10.7 Å². The van der Waals surface area contributed by atoms with Crippen molar-refractivity contribution in [1.29, 1.82) is 0 Å². The minimum atomic E-state index is 0.787. The molecular formula is C14H18ClN3S. The van der Waals surface area contributed by atoms with Crippen LogP contribution in [-0.4, -0.2) is 16.3 Å². The summed E-state index contributed by atoms with van der Waals surface area (Å²) in [7, 11) is 1.96. The second-order valence-corrected chi connectivity index (χ2v) is 5.82. The standard InChI is InChI=1S/C14H18ClN3S/c1-4-16-9-11-12(15)6-5-7-13(11)19-14-8-10(2)17-18(14)3/h5-8,16H,4,9H2,1-3H3. The predicted octanol–water partition coefficient (Wildman–Crippen LogP) is 3.64. The van der Waals surface area contributed by atoms with Crippen LogP contribution in [0.2, 0.25) is 5.02 Å². The van der Waals surface area contributed by atoms with Gasteiger partial charge in [0.15, 0.2) is 0 Å². The molecule has 0 unspecified atom stereocenters. The van der Waals surface area contributed by atoms with Crippen LogP contribution in [-0.2, 0) is 13.6 Å². The van der Waals surface area contributed by atoms with E-state index >= 15 is 0 Å². The van der Waals surface area contributed by atoms with E-state index in [2.05, 4.69) is 29.5 Å². The Morgan fingerprint density at radius 3 is 2.84 bits per heavy atom. The van der Waals surface area contributed by atoms with Crippen molar-refractivity contribution in [3.8, 4) is 0 Å². The topological polar surface area (TPSA) is 29.9 Å². The first kappa shape index (κ1) is 14.4. The minimum absolute atomic E-state index is 0.787. The number of halogens is 1. The molecule has 5 heteroatoms. The van der Waals surface area contributed by atoms with E-state index in [9.17, 15) is 0 Å². The molecule has 0 aliphatic rings. The van der Waals surface area contributed by atoms with Crippen LogP contribution < -0.4 is 5.32 Å². The molecule has 0 amide bonds. The van der Waals surface area contributed by atoms with Gasteiger partial charge < -0.3 is 5.32 Å². The number of aromatic nitrogens is 2. The van der Waals surface area contributed by atoms with Crippen LogP contribution in [0, 0.1) is 6.92 Å². The molecule has 1 N–H and O–H groups in total. The van der Waals surface area contributed by atoms with Gasteiger partial charge in [0.2, 0.25) is 0 Å². The fourth-order valence-electron chi connectivity index (χ4n) is 1.85. The van der Waals surface area contributed by atoms with Crippen LogP contribution in [0.1, 0.15) is 18.2 Å². The zero-order chi connectivity index (χ0) is 13.8. The van der Waals surface area contributed by atoms with E-state index < -0.39 is 0 Å². The number of aryl methyl sites for hydroxylation is 2. The monoisotopic (exact) mass is 295 g/mol. The van der Waals surface area contributed by atoms with Gasteiger partial charge in [-0.15, -0.1) is 0 Å². The Morgan fingerprint density at radius 2 is 2.21 bits per heavy atom. The van der Waals surface area contributed by atoms with E-state index in [0.29, 0.717) is 0 Å². The molecule has 0 atom stereocenters. The van der Waals surface area contributed by atoms with Gasteiger partial charge in [-0.1, -0.05) is 36.4 Å². The van der Waals surface area contributed by atoms with Crippen molar-refractivity contribution < 1.29 is 0 Å². The average molecular weight is 296 g/mol. The third-order valence-corrected chi connectivity index (χ3v) is 4.35. The first-order chi connectivity index (χ1) is 9.11. The van der Waals surface area contributed by atoms with E-state index in [1.54, 1.807) is 11.8 Å². The Kier molecular flexibility index (Phi) is 4.91. The smallest absolute Gasteiger partial charge is 0.0987 e. The molecular weight excluding hydrogens is 278 g/mol. The second-order valence-electron chi connectivity index (χ2n) is 4.35. The van der Waals surface area contributed by atoms with Crippen LogP contribution in [0.3, 0.4) is 0 Å². The van der Waals surface area contributed by atoms with E-state index in [-0.39, 0.29) is 0 Å². The second kappa shape index (κ2) is 6.46. The Labute approximate surface area is 123 Å². The van der Waals surface area contributed by atoms with Crippen molar-refractivity contribution in [3.05, 3.63) is 40.5 Å². The van der Waals surface area contributed by atoms with Gasteiger partial charge >= 0.3 is 0 Å². The van der Waals surface area contributed by atoms with Crippen molar-refractivity contribution in [2.45, 2.75) is 30.3 Å². The molecule has 0 spiro atoms. The number of hydrogen-bond acceptors (Lipinski definition) is 3. The summed E-state index contributed by atoms with van der Waals surface area (Å²) in [4.78, 5) is 1.18. The summed E-state index contributed by atoms with van der Waals surface area (Å²) in [5, 5.41) is 9.63. The first-order valence-electron chi connectivity index (χ1n) is 6.28. The number of rotatable bonds is 5. The van der Waals surface area contributed by atoms with Crippen LogP contribution in [0.4, 0.5) is 0 Å². The van der Waals surface area contributed by atoms with Gasteiger partial charge in [-0.2, -0.15) is 5.10 Å². The number of nitrogens with one attached hydrogen (secondary N) is 1. The third-order valence-electron chi connectivity index (χ3n) is 2.80. The lowest BCUT2D eigenvalue weighted by molar-refractivity contribution is 0.691.